The molecule has 1 fully saturated rings. The van der Waals surface area contributed by atoms with Gasteiger partial charge in [-0.05, 0) is 49.2 Å². The summed E-state index contributed by atoms with van der Waals surface area (Å²) in [7, 11) is 0. The number of benzene rings is 2. The molecule has 1 aliphatic heterocycles. The molecule has 0 bridgehead atoms. The highest BCUT2D eigenvalue weighted by molar-refractivity contribution is 6.30. The van der Waals surface area contributed by atoms with Gasteiger partial charge in [-0.3, -0.25) is 4.90 Å². The summed E-state index contributed by atoms with van der Waals surface area (Å²) < 4.78 is 33.4. The minimum Gasteiger partial charge on any atom is -0.475 e. The van der Waals surface area contributed by atoms with Crippen LogP contribution in [0.2, 0.25) is 5.02 Å². The van der Waals surface area contributed by atoms with Gasteiger partial charge in [-0.1, -0.05) is 42.3 Å². The number of likely N-dealkylation sites (tertiary alicyclic amines) is 1. The number of hydrogen-bond acceptors (Lipinski definition) is 4. The highest BCUT2D eigenvalue weighted by Gasteiger charge is 2.38. The third kappa shape index (κ3) is 7.86. The first-order valence-electron chi connectivity index (χ1n) is 10.9. The molecule has 2 amide bonds. The fourth-order valence-electron chi connectivity index (χ4n) is 3.78. The van der Waals surface area contributed by atoms with Gasteiger partial charge in [0.25, 0.3) is 0 Å². The first-order valence-corrected chi connectivity index (χ1v) is 11.3. The van der Waals surface area contributed by atoms with E-state index in [2.05, 4.69) is 26.7 Å². The maximum atomic E-state index is 12.4. The molecule has 0 radical (unpaired) electrons. The summed E-state index contributed by atoms with van der Waals surface area (Å²) >= 11 is 6.12. The van der Waals surface area contributed by atoms with Crippen LogP contribution in [0.4, 0.5) is 18.0 Å². The Morgan fingerprint density at radius 3 is 2.60 bits per heavy atom. The fraction of sp³-hybridized carbons (Fsp3) is 0.348. The van der Waals surface area contributed by atoms with E-state index in [0.717, 1.165) is 35.6 Å². The first-order chi connectivity index (χ1) is 16.6. The molecule has 0 spiro atoms. The number of carbonyl (C=O) groups excluding carboxylic acids is 1. The fourth-order valence-corrected chi connectivity index (χ4v) is 3.99. The molecule has 1 aliphatic rings. The van der Waals surface area contributed by atoms with Crippen LogP contribution in [-0.4, -0.2) is 57.0 Å². The Bertz CT molecular complexity index is 1150. The number of urea groups is 1. The maximum absolute atomic E-state index is 12.4. The number of carboxylic acids is 1. The van der Waals surface area contributed by atoms with E-state index in [0.29, 0.717) is 12.6 Å². The average Bonchev–Trinajstić information content (AvgIpc) is 3.21. The quantitative estimate of drug-likeness (QED) is 0.464. The van der Waals surface area contributed by atoms with Gasteiger partial charge in [0.2, 0.25) is 0 Å². The minimum absolute atomic E-state index is 0.226. The number of fused-ring (bicyclic) bond motifs is 1. The van der Waals surface area contributed by atoms with Crippen molar-refractivity contribution in [3.8, 4) is 0 Å². The number of halogens is 4. The van der Waals surface area contributed by atoms with E-state index in [1.807, 2.05) is 42.5 Å². The van der Waals surface area contributed by atoms with Gasteiger partial charge in [0.15, 0.2) is 0 Å². The predicted octanol–water partition coefficient (Wildman–Crippen LogP) is 4.63. The van der Waals surface area contributed by atoms with Gasteiger partial charge in [0.05, 0.1) is 11.0 Å². The zero-order valence-electron chi connectivity index (χ0n) is 18.6. The SMILES string of the molecule is O=C(NCC1CCCCN1Cc1cccc(Cl)c1)Nn1cnc2ccccc21.O=C(O)C(F)(F)F. The van der Waals surface area contributed by atoms with E-state index in [9.17, 15) is 18.0 Å². The third-order valence-electron chi connectivity index (χ3n) is 5.44. The Hall–Kier alpha value is -3.31. The Morgan fingerprint density at radius 2 is 1.89 bits per heavy atom. The molecule has 2 heterocycles. The van der Waals surface area contributed by atoms with Crippen LogP contribution in [0.15, 0.2) is 54.9 Å². The summed E-state index contributed by atoms with van der Waals surface area (Å²) in [5, 5.41) is 10.9. The van der Waals surface area contributed by atoms with Crippen molar-refractivity contribution in [1.29, 1.82) is 0 Å². The summed E-state index contributed by atoms with van der Waals surface area (Å²) in [6.45, 7) is 2.49. The molecule has 35 heavy (non-hydrogen) atoms. The number of hydrogen-bond donors (Lipinski definition) is 3. The van der Waals surface area contributed by atoms with Gasteiger partial charge in [-0.2, -0.15) is 13.2 Å². The highest BCUT2D eigenvalue weighted by atomic mass is 35.5. The molecular formula is C23H25ClF3N5O3. The van der Waals surface area contributed by atoms with Crippen molar-refractivity contribution in [2.45, 2.75) is 38.0 Å². The van der Waals surface area contributed by atoms with Crippen LogP contribution in [0.3, 0.4) is 0 Å². The van der Waals surface area contributed by atoms with Gasteiger partial charge in [-0.15, -0.1) is 0 Å². The average molecular weight is 512 g/mol. The van der Waals surface area contributed by atoms with Crippen molar-refractivity contribution in [3.63, 3.8) is 0 Å². The topological polar surface area (TPSA) is 99.5 Å². The van der Waals surface area contributed by atoms with Crippen LogP contribution in [0, 0.1) is 0 Å². The monoisotopic (exact) mass is 511 g/mol. The van der Waals surface area contributed by atoms with Gasteiger partial charge in [0.1, 0.15) is 6.33 Å². The number of rotatable bonds is 5. The van der Waals surface area contributed by atoms with E-state index in [1.54, 1.807) is 11.0 Å². The minimum atomic E-state index is -5.08. The van der Waals surface area contributed by atoms with Crippen LogP contribution in [0.1, 0.15) is 24.8 Å². The lowest BCUT2D eigenvalue weighted by Crippen LogP contribution is -2.47. The number of nitrogens with zero attached hydrogens (tertiary/aromatic N) is 3. The zero-order chi connectivity index (χ0) is 25.4. The second kappa shape index (κ2) is 11.9. The van der Waals surface area contributed by atoms with Crippen LogP contribution in [0.5, 0.6) is 0 Å². The molecule has 1 atom stereocenters. The second-order valence-electron chi connectivity index (χ2n) is 7.98. The Kier molecular flexibility index (Phi) is 8.94. The number of carbonyl (C=O) groups is 2. The summed E-state index contributed by atoms with van der Waals surface area (Å²) in [5.74, 6) is -2.76. The molecule has 3 N–H and O–H groups in total. The van der Waals surface area contributed by atoms with E-state index in [1.165, 1.54) is 18.4 Å². The maximum Gasteiger partial charge on any atom is 0.490 e. The lowest BCUT2D eigenvalue weighted by Gasteiger charge is -2.35. The Balaban J connectivity index is 0.000000429. The van der Waals surface area contributed by atoms with Gasteiger partial charge in [0, 0.05) is 24.2 Å². The largest absolute Gasteiger partial charge is 0.490 e. The van der Waals surface area contributed by atoms with Crippen LogP contribution >= 0.6 is 11.6 Å². The Labute approximate surface area is 204 Å². The normalized spacial score (nSPS) is 16.3. The molecule has 1 aromatic heterocycles. The van der Waals surface area contributed by atoms with E-state index >= 15 is 0 Å². The molecule has 1 saturated heterocycles. The molecule has 3 aromatic rings. The Morgan fingerprint density at radius 1 is 1.14 bits per heavy atom. The van der Waals surface area contributed by atoms with Crippen molar-refractivity contribution in [3.05, 3.63) is 65.4 Å². The number of aliphatic carboxylic acids is 1. The standard InChI is InChI=1S/C21H24ClN5O.C2HF3O2/c22-17-7-5-6-16(12-17)14-26-11-4-3-8-18(26)13-23-21(28)25-27-15-24-19-9-1-2-10-20(19)27;3-2(4,5)1(6)7/h1-2,5-7,9-10,12,15,18H,3-4,8,11,13-14H2,(H2,23,25,28);(H,6,7). The molecule has 12 heteroatoms. The smallest absolute Gasteiger partial charge is 0.475 e. The molecule has 1 unspecified atom stereocenters. The van der Waals surface area contributed by atoms with Crippen molar-refractivity contribution < 1.29 is 27.9 Å². The number of nitrogens with one attached hydrogen (secondary N) is 2. The number of imidazole rings is 1. The van der Waals surface area contributed by atoms with Crippen molar-refractivity contribution in [1.82, 2.24) is 19.9 Å². The number of alkyl halides is 3. The number of piperidine rings is 1. The van der Waals surface area contributed by atoms with Crippen molar-refractivity contribution in [2.75, 3.05) is 18.5 Å². The van der Waals surface area contributed by atoms with Crippen LogP contribution in [0.25, 0.3) is 11.0 Å². The van der Waals surface area contributed by atoms with Crippen LogP contribution < -0.4 is 10.7 Å². The molecule has 2 aromatic carbocycles. The lowest BCUT2D eigenvalue weighted by molar-refractivity contribution is -0.192. The van der Waals surface area contributed by atoms with E-state index < -0.39 is 12.1 Å². The highest BCUT2D eigenvalue weighted by Crippen LogP contribution is 2.21. The summed E-state index contributed by atoms with van der Waals surface area (Å²) in [4.78, 5) is 28.0. The van der Waals surface area contributed by atoms with Gasteiger partial charge in [-0.25, -0.2) is 24.7 Å². The van der Waals surface area contributed by atoms with Crippen LogP contribution in [-0.2, 0) is 11.3 Å². The number of para-hydroxylation sites is 2. The lowest BCUT2D eigenvalue weighted by atomic mass is 10.0. The van der Waals surface area contributed by atoms with Crippen molar-refractivity contribution >= 4 is 34.6 Å². The number of carboxylic acid groups (broad SMARTS) is 1. The molecule has 188 valence electrons. The summed E-state index contributed by atoms with van der Waals surface area (Å²) in [6, 6.07) is 15.8. The number of aromatic nitrogens is 2. The summed E-state index contributed by atoms with van der Waals surface area (Å²) in [6.07, 6.45) is -0.0123. The molecule has 4 rings (SSSR count). The zero-order valence-corrected chi connectivity index (χ0v) is 19.4. The molecule has 8 nitrogen and oxygen atoms in total. The first kappa shape index (κ1) is 26.3. The van der Waals surface area contributed by atoms with E-state index in [4.69, 9.17) is 21.5 Å². The number of amides is 2. The third-order valence-corrected chi connectivity index (χ3v) is 5.68. The molecule has 0 saturated carbocycles. The molecular weight excluding hydrogens is 487 g/mol. The van der Waals surface area contributed by atoms with Gasteiger partial charge < -0.3 is 10.4 Å². The summed E-state index contributed by atoms with van der Waals surface area (Å²) in [5.41, 5.74) is 5.77. The molecule has 0 aliphatic carbocycles. The van der Waals surface area contributed by atoms with E-state index in [-0.39, 0.29) is 6.03 Å². The van der Waals surface area contributed by atoms with Crippen molar-refractivity contribution in [2.24, 2.45) is 0 Å². The predicted molar refractivity (Wildman–Crippen MR) is 126 cm³/mol. The van der Waals surface area contributed by atoms with Gasteiger partial charge >= 0.3 is 18.2 Å². The second-order valence-corrected chi connectivity index (χ2v) is 8.41.